The molecule has 0 fully saturated rings. The van der Waals surface area contributed by atoms with Crippen molar-refractivity contribution in [1.29, 1.82) is 0 Å². The predicted octanol–water partition coefficient (Wildman–Crippen LogP) is 5.29. The minimum atomic E-state index is -0.251. The van der Waals surface area contributed by atoms with Gasteiger partial charge in [0.2, 0.25) is 0 Å². The van der Waals surface area contributed by atoms with Gasteiger partial charge < -0.3 is 0 Å². The van der Waals surface area contributed by atoms with Crippen LogP contribution in [-0.2, 0) is 11.2 Å². The minimum absolute atomic E-state index is 0.00706. The highest BCUT2D eigenvalue weighted by Crippen LogP contribution is 2.31. The fourth-order valence-corrected chi connectivity index (χ4v) is 3.62. The fourth-order valence-electron chi connectivity index (χ4n) is 1.41. The molecule has 0 bridgehead atoms. The van der Waals surface area contributed by atoms with Gasteiger partial charge in [0.05, 0.1) is 4.83 Å². The number of benzene rings is 1. The van der Waals surface area contributed by atoms with Gasteiger partial charge in [0.1, 0.15) is 5.78 Å². The Morgan fingerprint density at radius 1 is 1.29 bits per heavy atom. The molecule has 1 rings (SSSR count). The second-order valence-electron chi connectivity index (χ2n) is 4.08. The van der Waals surface area contributed by atoms with Crippen LogP contribution in [0.5, 0.6) is 0 Å². The van der Waals surface area contributed by atoms with E-state index in [9.17, 15) is 4.79 Å². The smallest absolute Gasteiger partial charge is 0.149 e. The van der Waals surface area contributed by atoms with E-state index in [0.717, 1.165) is 10.0 Å². The first-order valence-electron chi connectivity index (χ1n) is 5.14. The molecular formula is C12H12Br2Cl2O. The highest BCUT2D eigenvalue weighted by atomic mass is 79.9. The van der Waals surface area contributed by atoms with Crippen molar-refractivity contribution in [2.45, 2.75) is 25.1 Å². The van der Waals surface area contributed by atoms with E-state index in [0.29, 0.717) is 16.5 Å². The number of hydrogen-bond acceptors (Lipinski definition) is 1. The maximum absolute atomic E-state index is 11.8. The van der Waals surface area contributed by atoms with Gasteiger partial charge in [0, 0.05) is 20.4 Å². The minimum Gasteiger partial charge on any atom is -0.298 e. The van der Waals surface area contributed by atoms with E-state index in [1.807, 2.05) is 13.8 Å². The molecule has 0 spiro atoms. The maximum atomic E-state index is 11.8. The Hall–Kier alpha value is 0.430. The highest BCUT2D eigenvalue weighted by molar-refractivity contribution is 9.10. The Morgan fingerprint density at radius 2 is 1.76 bits per heavy atom. The molecule has 1 unspecified atom stereocenters. The van der Waals surface area contributed by atoms with Crippen LogP contribution < -0.4 is 0 Å². The lowest BCUT2D eigenvalue weighted by molar-refractivity contribution is -0.121. The molecule has 17 heavy (non-hydrogen) atoms. The topological polar surface area (TPSA) is 17.1 Å². The van der Waals surface area contributed by atoms with Crippen LogP contribution in [0.2, 0.25) is 10.0 Å². The molecule has 0 N–H and O–H groups in total. The number of alkyl halides is 1. The largest absolute Gasteiger partial charge is 0.298 e. The first-order chi connectivity index (χ1) is 7.82. The summed E-state index contributed by atoms with van der Waals surface area (Å²) in [5, 5.41) is 1.15. The summed E-state index contributed by atoms with van der Waals surface area (Å²) in [4.78, 5) is 11.5. The Labute approximate surface area is 128 Å². The van der Waals surface area contributed by atoms with Crippen LogP contribution in [0, 0.1) is 5.92 Å². The van der Waals surface area contributed by atoms with E-state index in [1.54, 1.807) is 12.1 Å². The zero-order valence-electron chi connectivity index (χ0n) is 9.44. The first kappa shape index (κ1) is 15.5. The van der Waals surface area contributed by atoms with Gasteiger partial charge in [-0.15, -0.1) is 0 Å². The molecule has 0 aliphatic rings. The Bertz CT molecular complexity index is 410. The predicted molar refractivity (Wildman–Crippen MR) is 80.4 cm³/mol. The summed E-state index contributed by atoms with van der Waals surface area (Å²) in [7, 11) is 0. The molecule has 0 aromatic heterocycles. The lowest BCUT2D eigenvalue weighted by atomic mass is 10.0. The summed E-state index contributed by atoms with van der Waals surface area (Å²) in [5.74, 6) is 0.146. The molecule has 0 heterocycles. The highest BCUT2D eigenvalue weighted by Gasteiger charge is 2.21. The summed E-state index contributed by atoms with van der Waals surface area (Å²) in [6.07, 6.45) is 0.502. The Morgan fingerprint density at radius 3 is 2.18 bits per heavy atom. The fraction of sp³-hybridized carbons (Fsp3) is 0.417. The van der Waals surface area contributed by atoms with E-state index in [-0.39, 0.29) is 16.5 Å². The second-order valence-corrected chi connectivity index (χ2v) is 6.91. The summed E-state index contributed by atoms with van der Waals surface area (Å²) in [6, 6.07) is 3.56. The summed E-state index contributed by atoms with van der Waals surface area (Å²) < 4.78 is 0.831. The van der Waals surface area contributed by atoms with Crippen molar-refractivity contribution in [3.63, 3.8) is 0 Å². The number of carbonyl (C=O) groups excluding carboxylic acids is 1. The number of Topliss-reactive ketones (excluding diaryl/α,β-unsaturated/α-hetero) is 1. The molecule has 0 aliphatic carbocycles. The van der Waals surface area contributed by atoms with Crippen molar-refractivity contribution in [1.82, 2.24) is 0 Å². The number of halogens is 4. The van der Waals surface area contributed by atoms with Crippen molar-refractivity contribution in [3.8, 4) is 0 Å². The SMILES string of the molecule is CC(C)C(=O)C(Br)Cc1c(Cl)cc(Br)cc1Cl. The quantitative estimate of drug-likeness (QED) is 0.625. The molecule has 1 aromatic rings. The van der Waals surface area contributed by atoms with Crippen molar-refractivity contribution >= 4 is 60.8 Å². The Balaban J connectivity index is 2.92. The van der Waals surface area contributed by atoms with Crippen LogP contribution >= 0.6 is 55.1 Å². The monoisotopic (exact) mass is 400 g/mol. The molecule has 0 saturated heterocycles. The Kier molecular flexibility index (Phi) is 5.97. The average molecular weight is 403 g/mol. The molecule has 0 saturated carbocycles. The molecule has 94 valence electrons. The van der Waals surface area contributed by atoms with Gasteiger partial charge in [0.25, 0.3) is 0 Å². The molecule has 1 nitrogen and oxygen atoms in total. The van der Waals surface area contributed by atoms with E-state index in [4.69, 9.17) is 23.2 Å². The van der Waals surface area contributed by atoms with E-state index < -0.39 is 0 Å². The van der Waals surface area contributed by atoms with Crippen molar-refractivity contribution < 1.29 is 4.79 Å². The third-order valence-corrected chi connectivity index (χ3v) is 4.27. The standard InChI is InChI=1S/C12H12Br2Cl2O/c1-6(2)12(17)9(14)5-8-10(15)3-7(13)4-11(8)16/h3-4,6,9H,5H2,1-2H3. The van der Waals surface area contributed by atoms with Crippen molar-refractivity contribution in [2.24, 2.45) is 5.92 Å². The zero-order valence-corrected chi connectivity index (χ0v) is 14.1. The number of carbonyl (C=O) groups is 1. The van der Waals surface area contributed by atoms with Gasteiger partial charge in [-0.25, -0.2) is 0 Å². The van der Waals surface area contributed by atoms with Gasteiger partial charge in [-0.05, 0) is 24.1 Å². The molecule has 5 heteroatoms. The van der Waals surface area contributed by atoms with Gasteiger partial charge in [-0.1, -0.05) is 68.9 Å². The van der Waals surface area contributed by atoms with Crippen LogP contribution in [0.3, 0.4) is 0 Å². The van der Waals surface area contributed by atoms with Gasteiger partial charge in [-0.2, -0.15) is 0 Å². The van der Waals surface area contributed by atoms with Crippen LogP contribution in [0.4, 0.5) is 0 Å². The van der Waals surface area contributed by atoms with Crippen LogP contribution in [0.1, 0.15) is 19.4 Å². The van der Waals surface area contributed by atoms with Gasteiger partial charge in [0.15, 0.2) is 0 Å². The summed E-state index contributed by atoms with van der Waals surface area (Å²) >= 11 is 18.9. The molecule has 0 amide bonds. The van der Waals surface area contributed by atoms with Gasteiger partial charge >= 0.3 is 0 Å². The lowest BCUT2D eigenvalue weighted by Crippen LogP contribution is -2.22. The third kappa shape index (κ3) is 4.23. The van der Waals surface area contributed by atoms with Crippen molar-refractivity contribution in [3.05, 3.63) is 32.2 Å². The third-order valence-electron chi connectivity index (χ3n) is 2.37. The maximum Gasteiger partial charge on any atom is 0.149 e. The molecule has 0 radical (unpaired) electrons. The van der Waals surface area contributed by atoms with E-state index in [1.165, 1.54) is 0 Å². The normalized spacial score (nSPS) is 12.9. The van der Waals surface area contributed by atoms with Crippen LogP contribution in [0.25, 0.3) is 0 Å². The van der Waals surface area contributed by atoms with Crippen LogP contribution in [0.15, 0.2) is 16.6 Å². The lowest BCUT2D eigenvalue weighted by Gasteiger charge is -2.14. The second kappa shape index (κ2) is 6.55. The number of rotatable bonds is 4. The molecule has 0 aliphatic heterocycles. The van der Waals surface area contributed by atoms with E-state index >= 15 is 0 Å². The van der Waals surface area contributed by atoms with Crippen molar-refractivity contribution in [2.75, 3.05) is 0 Å². The first-order valence-corrected chi connectivity index (χ1v) is 7.60. The number of hydrogen-bond donors (Lipinski definition) is 0. The van der Waals surface area contributed by atoms with Crippen LogP contribution in [-0.4, -0.2) is 10.6 Å². The van der Waals surface area contributed by atoms with E-state index in [2.05, 4.69) is 31.9 Å². The summed E-state index contributed by atoms with van der Waals surface area (Å²) in [5.41, 5.74) is 0.799. The average Bonchev–Trinajstić information content (AvgIpc) is 2.21. The molecule has 1 atom stereocenters. The number of ketones is 1. The molecule has 1 aromatic carbocycles. The van der Waals surface area contributed by atoms with Gasteiger partial charge in [-0.3, -0.25) is 4.79 Å². The summed E-state index contributed by atoms with van der Waals surface area (Å²) in [6.45, 7) is 3.75. The zero-order chi connectivity index (χ0) is 13.2. The molecular weight excluding hydrogens is 391 g/mol.